The normalized spacial score (nSPS) is 10.9. The third-order valence-electron chi connectivity index (χ3n) is 5.37. The maximum absolute atomic E-state index is 12.4. The van der Waals surface area contributed by atoms with E-state index < -0.39 is 0 Å². The number of amides is 2. The van der Waals surface area contributed by atoms with Crippen molar-refractivity contribution in [1.29, 1.82) is 0 Å². The number of benzene rings is 2. The van der Waals surface area contributed by atoms with E-state index in [2.05, 4.69) is 53.8 Å². The molecule has 14 heteroatoms. The maximum Gasteiger partial charge on any atom is 0.234 e. The number of hydrogen-bond donors (Lipinski definition) is 2. The minimum absolute atomic E-state index is 0.122. The van der Waals surface area contributed by atoms with E-state index in [0.717, 1.165) is 40.0 Å². The molecule has 2 aromatic carbocycles. The summed E-state index contributed by atoms with van der Waals surface area (Å²) in [6.07, 6.45) is 0.730. The van der Waals surface area contributed by atoms with Crippen LogP contribution in [-0.4, -0.2) is 63.7 Å². The molecule has 0 radical (unpaired) electrons. The lowest BCUT2D eigenvalue weighted by Crippen LogP contribution is -2.15. The minimum Gasteiger partial charge on any atom is -0.325 e. The number of aryl methyl sites for hydroxylation is 4. The van der Waals surface area contributed by atoms with Gasteiger partial charge < -0.3 is 10.6 Å². The fraction of sp³-hybridized carbons (Fsp3) is 0.304. The van der Waals surface area contributed by atoms with Gasteiger partial charge in [-0.1, -0.05) is 47.8 Å². The van der Waals surface area contributed by atoms with Gasteiger partial charge in [0.25, 0.3) is 0 Å². The lowest BCUT2D eigenvalue weighted by atomic mass is 10.00. The monoisotopic (exact) mass is 538 g/mol. The highest BCUT2D eigenvalue weighted by Crippen LogP contribution is 2.23. The highest BCUT2D eigenvalue weighted by atomic mass is 32.2. The second-order valence-corrected chi connectivity index (χ2v) is 10.2. The van der Waals surface area contributed by atoms with E-state index in [1.807, 2.05) is 38.1 Å². The summed E-state index contributed by atoms with van der Waals surface area (Å²) in [6, 6.07) is 12.0. The highest BCUT2D eigenvalue weighted by Gasteiger charge is 2.12. The molecule has 0 aliphatic heterocycles. The number of tetrazole rings is 2. The largest absolute Gasteiger partial charge is 0.325 e. The third kappa shape index (κ3) is 7.13. The molecule has 12 nitrogen and oxygen atoms in total. The Bertz CT molecular complexity index is 1310. The second-order valence-electron chi connectivity index (χ2n) is 8.32. The van der Waals surface area contributed by atoms with E-state index in [0.29, 0.717) is 10.3 Å². The van der Waals surface area contributed by atoms with Crippen molar-refractivity contribution >= 4 is 46.7 Å². The number of carbonyl (C=O) groups excluding carboxylic acids is 2. The first-order valence-corrected chi connectivity index (χ1v) is 13.2. The first kappa shape index (κ1) is 26.3. The number of hydrogen-bond acceptors (Lipinski definition) is 10. The Morgan fingerprint density at radius 2 is 1.19 bits per heavy atom. The SMILES string of the molecule is Cc1cc(Cc2ccc(NC(=O)CSc3nnnn3C)c(C)c2)ccc1NC(=O)CSc1nnnn1C. The maximum atomic E-state index is 12.4. The molecule has 2 heterocycles. The molecule has 0 saturated carbocycles. The van der Waals surface area contributed by atoms with Gasteiger partial charge in [-0.2, -0.15) is 0 Å². The molecule has 0 aliphatic rings. The van der Waals surface area contributed by atoms with Gasteiger partial charge in [-0.05, 0) is 75.5 Å². The summed E-state index contributed by atoms with van der Waals surface area (Å²) in [5, 5.41) is 29.4. The number of anilines is 2. The predicted molar refractivity (Wildman–Crippen MR) is 141 cm³/mol. The molecule has 0 fully saturated rings. The zero-order chi connectivity index (χ0) is 26.4. The van der Waals surface area contributed by atoms with E-state index >= 15 is 0 Å². The summed E-state index contributed by atoms with van der Waals surface area (Å²) in [6.45, 7) is 3.94. The van der Waals surface area contributed by atoms with Crippen molar-refractivity contribution in [3.63, 3.8) is 0 Å². The van der Waals surface area contributed by atoms with Crippen molar-refractivity contribution in [3.05, 3.63) is 58.7 Å². The van der Waals surface area contributed by atoms with Gasteiger partial charge >= 0.3 is 0 Å². The predicted octanol–water partition coefficient (Wildman–Crippen LogP) is 2.40. The fourth-order valence-electron chi connectivity index (χ4n) is 3.51. The molecule has 0 spiro atoms. The van der Waals surface area contributed by atoms with E-state index in [1.54, 1.807) is 14.1 Å². The molecule has 2 aromatic heterocycles. The van der Waals surface area contributed by atoms with Crippen LogP contribution in [0.1, 0.15) is 22.3 Å². The number of nitrogens with zero attached hydrogens (tertiary/aromatic N) is 8. The summed E-state index contributed by atoms with van der Waals surface area (Å²) in [5.41, 5.74) is 5.75. The Morgan fingerprint density at radius 1 is 0.757 bits per heavy atom. The van der Waals surface area contributed by atoms with Crippen LogP contribution in [0.4, 0.5) is 11.4 Å². The molecule has 2 amide bonds. The van der Waals surface area contributed by atoms with Crippen LogP contribution in [0.25, 0.3) is 0 Å². The van der Waals surface area contributed by atoms with Gasteiger partial charge in [0.1, 0.15) is 0 Å². The summed E-state index contributed by atoms with van der Waals surface area (Å²) in [7, 11) is 3.46. The molecule has 0 bridgehead atoms. The highest BCUT2D eigenvalue weighted by molar-refractivity contribution is 8.00. The standard InChI is InChI=1S/C23H26N10O2S2/c1-14-9-16(5-7-18(14)24-20(34)12-36-22-26-28-30-32(22)3)11-17-6-8-19(15(2)10-17)25-21(35)13-37-23-27-29-31-33(23)4/h5-10H,11-13H2,1-4H3,(H,24,34)(H,25,35). The van der Waals surface area contributed by atoms with Gasteiger partial charge in [0, 0.05) is 25.5 Å². The van der Waals surface area contributed by atoms with Gasteiger partial charge in [-0.3, -0.25) is 9.59 Å². The number of rotatable bonds is 10. The Hall–Kier alpha value is -3.78. The molecule has 192 valence electrons. The van der Waals surface area contributed by atoms with E-state index in [4.69, 9.17) is 0 Å². The summed E-state index contributed by atoms with van der Waals surface area (Å²) in [4.78, 5) is 24.7. The Kier molecular flexibility index (Phi) is 8.50. The molecular weight excluding hydrogens is 512 g/mol. The topological polar surface area (TPSA) is 145 Å². The molecule has 0 unspecified atom stereocenters. The molecule has 4 rings (SSSR count). The second kappa shape index (κ2) is 12.0. The van der Waals surface area contributed by atoms with Crippen molar-refractivity contribution in [2.24, 2.45) is 14.1 Å². The van der Waals surface area contributed by atoms with Crippen LogP contribution in [0.5, 0.6) is 0 Å². The van der Waals surface area contributed by atoms with Crippen molar-refractivity contribution in [2.75, 3.05) is 22.1 Å². The Morgan fingerprint density at radius 3 is 1.54 bits per heavy atom. The lowest BCUT2D eigenvalue weighted by molar-refractivity contribution is -0.114. The lowest BCUT2D eigenvalue weighted by Gasteiger charge is -2.12. The number of carbonyl (C=O) groups is 2. The van der Waals surface area contributed by atoms with Gasteiger partial charge in [-0.25, -0.2) is 9.36 Å². The first-order valence-electron chi connectivity index (χ1n) is 11.3. The zero-order valence-electron chi connectivity index (χ0n) is 20.8. The van der Waals surface area contributed by atoms with Crippen LogP contribution in [0.2, 0.25) is 0 Å². The molecule has 0 atom stereocenters. The van der Waals surface area contributed by atoms with Crippen LogP contribution in [-0.2, 0) is 30.1 Å². The molecule has 0 saturated heterocycles. The average Bonchev–Trinajstić information content (AvgIpc) is 3.47. The average molecular weight is 539 g/mol. The number of nitrogens with one attached hydrogen (secondary N) is 2. The minimum atomic E-state index is -0.122. The third-order valence-corrected chi connectivity index (χ3v) is 7.39. The van der Waals surface area contributed by atoms with Crippen molar-refractivity contribution in [3.8, 4) is 0 Å². The van der Waals surface area contributed by atoms with Crippen molar-refractivity contribution in [1.82, 2.24) is 40.4 Å². The van der Waals surface area contributed by atoms with E-state index in [-0.39, 0.29) is 23.3 Å². The van der Waals surface area contributed by atoms with Crippen LogP contribution in [0.3, 0.4) is 0 Å². The Labute approximate surface area is 222 Å². The Balaban J connectivity index is 1.30. The quantitative estimate of drug-likeness (QED) is 0.289. The van der Waals surface area contributed by atoms with Gasteiger partial charge in [0.05, 0.1) is 11.5 Å². The smallest absolute Gasteiger partial charge is 0.234 e. The molecule has 37 heavy (non-hydrogen) atoms. The molecular formula is C23H26N10O2S2. The fourth-order valence-corrected chi connectivity index (χ4v) is 4.81. The van der Waals surface area contributed by atoms with Gasteiger partial charge in [0.15, 0.2) is 0 Å². The van der Waals surface area contributed by atoms with E-state index in [9.17, 15) is 9.59 Å². The number of thioether (sulfide) groups is 2. The number of aromatic nitrogens is 8. The van der Waals surface area contributed by atoms with Crippen molar-refractivity contribution < 1.29 is 9.59 Å². The van der Waals surface area contributed by atoms with Gasteiger partial charge in [0.2, 0.25) is 22.1 Å². The van der Waals surface area contributed by atoms with Crippen molar-refractivity contribution in [2.45, 2.75) is 30.6 Å². The summed E-state index contributed by atoms with van der Waals surface area (Å²) in [5.74, 6) is 0.189. The summed E-state index contributed by atoms with van der Waals surface area (Å²) >= 11 is 2.56. The molecule has 0 aliphatic carbocycles. The first-order chi connectivity index (χ1) is 17.8. The molecule has 2 N–H and O–H groups in total. The van der Waals surface area contributed by atoms with Crippen LogP contribution >= 0.6 is 23.5 Å². The summed E-state index contributed by atoms with van der Waals surface area (Å²) < 4.78 is 3.05. The van der Waals surface area contributed by atoms with E-state index in [1.165, 1.54) is 32.9 Å². The zero-order valence-corrected chi connectivity index (χ0v) is 22.4. The van der Waals surface area contributed by atoms with Gasteiger partial charge in [-0.15, -0.1) is 10.2 Å². The van der Waals surface area contributed by atoms with Crippen LogP contribution in [0.15, 0.2) is 46.7 Å². The van der Waals surface area contributed by atoms with Crippen LogP contribution < -0.4 is 10.6 Å². The van der Waals surface area contributed by atoms with Crippen LogP contribution in [0, 0.1) is 13.8 Å². The molecule has 4 aromatic rings.